The zero-order chi connectivity index (χ0) is 13.1. The van der Waals surface area contributed by atoms with E-state index in [0.717, 1.165) is 11.4 Å². The molecule has 1 aromatic heterocycles. The molecule has 0 aliphatic heterocycles. The number of nitrogens with one attached hydrogen (secondary N) is 1. The molecule has 0 unspecified atom stereocenters. The summed E-state index contributed by atoms with van der Waals surface area (Å²) in [5.74, 6) is 0.718. The van der Waals surface area contributed by atoms with Crippen molar-refractivity contribution in [2.24, 2.45) is 7.05 Å². The van der Waals surface area contributed by atoms with Crippen molar-refractivity contribution >= 4 is 23.1 Å². The molecule has 2 aromatic rings. The van der Waals surface area contributed by atoms with Gasteiger partial charge in [-0.2, -0.15) is 5.10 Å². The second-order valence-electron chi connectivity index (χ2n) is 3.77. The largest absolute Gasteiger partial charge is 0.365 e. The molecule has 0 bridgehead atoms. The van der Waals surface area contributed by atoms with Crippen LogP contribution < -0.4 is 5.32 Å². The fraction of sp³-hybridized carbons (Fsp3) is 0.182. The van der Waals surface area contributed by atoms with Gasteiger partial charge in [0.25, 0.3) is 5.69 Å². The van der Waals surface area contributed by atoms with Gasteiger partial charge in [0.2, 0.25) is 0 Å². The van der Waals surface area contributed by atoms with Crippen molar-refractivity contribution in [3.8, 4) is 0 Å². The summed E-state index contributed by atoms with van der Waals surface area (Å²) in [6.45, 7) is 0.453. The van der Waals surface area contributed by atoms with E-state index in [4.69, 9.17) is 11.6 Å². The van der Waals surface area contributed by atoms with E-state index in [1.165, 1.54) is 12.1 Å². The zero-order valence-electron chi connectivity index (χ0n) is 9.63. The first kappa shape index (κ1) is 12.4. The molecule has 1 N–H and O–H groups in total. The molecule has 18 heavy (non-hydrogen) atoms. The highest BCUT2D eigenvalue weighted by Crippen LogP contribution is 2.25. The van der Waals surface area contributed by atoms with E-state index in [1.807, 2.05) is 19.3 Å². The maximum Gasteiger partial charge on any atom is 0.288 e. The number of benzene rings is 1. The van der Waals surface area contributed by atoms with Crippen molar-refractivity contribution in [1.82, 2.24) is 9.78 Å². The number of nitro groups is 1. The predicted molar refractivity (Wildman–Crippen MR) is 68.6 cm³/mol. The van der Waals surface area contributed by atoms with Gasteiger partial charge in [0.05, 0.1) is 4.92 Å². The fourth-order valence-electron chi connectivity index (χ4n) is 1.51. The van der Waals surface area contributed by atoms with Crippen LogP contribution in [0, 0.1) is 10.1 Å². The number of anilines is 1. The Morgan fingerprint density at radius 1 is 1.50 bits per heavy atom. The van der Waals surface area contributed by atoms with Gasteiger partial charge >= 0.3 is 0 Å². The Morgan fingerprint density at radius 3 is 2.89 bits per heavy atom. The lowest BCUT2D eigenvalue weighted by Gasteiger charge is -2.04. The SMILES string of the molecule is Cn1ccc(NCc2ccc(Cl)c([N+](=O)[O-])c2)n1. The summed E-state index contributed by atoms with van der Waals surface area (Å²) in [5, 5.41) is 18.1. The molecule has 1 aromatic carbocycles. The summed E-state index contributed by atoms with van der Waals surface area (Å²) in [6.07, 6.45) is 1.81. The lowest BCUT2D eigenvalue weighted by Crippen LogP contribution is -2.01. The third kappa shape index (κ3) is 2.78. The van der Waals surface area contributed by atoms with E-state index in [2.05, 4.69) is 10.4 Å². The van der Waals surface area contributed by atoms with Crippen molar-refractivity contribution in [2.45, 2.75) is 6.54 Å². The maximum atomic E-state index is 10.7. The van der Waals surface area contributed by atoms with Gasteiger partial charge < -0.3 is 5.32 Å². The molecule has 0 spiro atoms. The number of nitro benzene ring substituents is 1. The summed E-state index contributed by atoms with van der Waals surface area (Å²) >= 11 is 5.73. The number of nitrogens with zero attached hydrogens (tertiary/aromatic N) is 3. The van der Waals surface area contributed by atoms with E-state index in [1.54, 1.807) is 10.7 Å². The van der Waals surface area contributed by atoms with Gasteiger partial charge in [0, 0.05) is 31.9 Å². The van der Waals surface area contributed by atoms with Crippen LogP contribution in [-0.2, 0) is 13.6 Å². The quantitative estimate of drug-likeness (QED) is 0.682. The fourth-order valence-corrected chi connectivity index (χ4v) is 1.70. The van der Waals surface area contributed by atoms with Gasteiger partial charge in [-0.25, -0.2) is 0 Å². The molecule has 6 nitrogen and oxygen atoms in total. The zero-order valence-corrected chi connectivity index (χ0v) is 10.4. The molecule has 2 rings (SSSR count). The molecule has 0 radical (unpaired) electrons. The molecule has 0 amide bonds. The minimum absolute atomic E-state index is 0.0861. The van der Waals surface area contributed by atoms with Gasteiger partial charge in [0.15, 0.2) is 0 Å². The first-order valence-corrected chi connectivity index (χ1v) is 5.60. The minimum atomic E-state index is -0.493. The van der Waals surface area contributed by atoms with Crippen molar-refractivity contribution in [3.63, 3.8) is 0 Å². The average molecular weight is 267 g/mol. The molecule has 0 fully saturated rings. The molecular weight excluding hydrogens is 256 g/mol. The van der Waals surface area contributed by atoms with Crippen molar-refractivity contribution in [1.29, 1.82) is 0 Å². The molecule has 1 heterocycles. The molecular formula is C11H11ClN4O2. The van der Waals surface area contributed by atoms with Gasteiger partial charge in [-0.15, -0.1) is 0 Å². The number of aromatic nitrogens is 2. The van der Waals surface area contributed by atoms with Crippen LogP contribution in [0.1, 0.15) is 5.56 Å². The number of hydrogen-bond acceptors (Lipinski definition) is 4. The number of hydrogen-bond donors (Lipinski definition) is 1. The lowest BCUT2D eigenvalue weighted by molar-refractivity contribution is -0.384. The van der Waals surface area contributed by atoms with Gasteiger partial charge in [0.1, 0.15) is 10.8 Å². The predicted octanol–water partition coefficient (Wildman–Crippen LogP) is 2.59. The van der Waals surface area contributed by atoms with Gasteiger partial charge in [-0.3, -0.25) is 14.8 Å². The summed E-state index contributed by atoms with van der Waals surface area (Å²) in [5.41, 5.74) is 0.689. The Kier molecular flexibility index (Phi) is 3.47. The highest BCUT2D eigenvalue weighted by atomic mass is 35.5. The van der Waals surface area contributed by atoms with Crippen LogP contribution >= 0.6 is 11.6 Å². The van der Waals surface area contributed by atoms with Crippen molar-refractivity contribution < 1.29 is 4.92 Å². The summed E-state index contributed by atoms with van der Waals surface area (Å²) in [6, 6.07) is 6.54. The lowest BCUT2D eigenvalue weighted by atomic mass is 10.2. The summed E-state index contributed by atoms with van der Waals surface area (Å²) in [7, 11) is 1.82. The second-order valence-corrected chi connectivity index (χ2v) is 4.18. The highest BCUT2D eigenvalue weighted by molar-refractivity contribution is 6.32. The first-order valence-electron chi connectivity index (χ1n) is 5.22. The molecule has 0 saturated heterocycles. The third-order valence-corrected chi connectivity index (χ3v) is 2.71. The topological polar surface area (TPSA) is 73.0 Å². The number of rotatable bonds is 4. The molecule has 0 saturated carbocycles. The standard InChI is InChI=1S/C11H11ClN4O2/c1-15-5-4-11(14-15)13-7-8-2-3-9(12)10(6-8)16(17)18/h2-6H,7H2,1H3,(H,13,14). The van der Waals surface area contributed by atoms with Crippen LogP contribution in [-0.4, -0.2) is 14.7 Å². The van der Waals surface area contributed by atoms with Crippen LogP contribution in [0.4, 0.5) is 11.5 Å². The van der Waals surface area contributed by atoms with E-state index in [0.29, 0.717) is 6.54 Å². The van der Waals surface area contributed by atoms with E-state index in [9.17, 15) is 10.1 Å². The molecule has 0 aliphatic rings. The van der Waals surface area contributed by atoms with Crippen LogP contribution in [0.15, 0.2) is 30.5 Å². The Morgan fingerprint density at radius 2 is 2.28 bits per heavy atom. The molecule has 7 heteroatoms. The highest BCUT2D eigenvalue weighted by Gasteiger charge is 2.12. The number of halogens is 1. The Bertz CT molecular complexity index is 582. The van der Waals surface area contributed by atoms with Gasteiger partial charge in [-0.05, 0) is 11.6 Å². The van der Waals surface area contributed by atoms with Gasteiger partial charge in [-0.1, -0.05) is 17.7 Å². The Balaban J connectivity index is 2.10. The first-order chi connectivity index (χ1) is 8.56. The molecule has 0 atom stereocenters. The summed E-state index contributed by atoms with van der Waals surface area (Å²) < 4.78 is 1.67. The van der Waals surface area contributed by atoms with Crippen LogP contribution in [0.2, 0.25) is 5.02 Å². The van der Waals surface area contributed by atoms with Crippen LogP contribution in [0.5, 0.6) is 0 Å². The average Bonchev–Trinajstić information content (AvgIpc) is 2.74. The number of aryl methyl sites for hydroxylation is 1. The van der Waals surface area contributed by atoms with Crippen LogP contribution in [0.3, 0.4) is 0 Å². The smallest absolute Gasteiger partial charge is 0.288 e. The van der Waals surface area contributed by atoms with Crippen molar-refractivity contribution in [3.05, 3.63) is 51.2 Å². The molecule has 0 aliphatic carbocycles. The third-order valence-electron chi connectivity index (χ3n) is 2.39. The normalized spacial score (nSPS) is 10.3. The Labute approximate surface area is 108 Å². The van der Waals surface area contributed by atoms with E-state index >= 15 is 0 Å². The second kappa shape index (κ2) is 5.05. The monoisotopic (exact) mass is 266 g/mol. The Hall–Kier alpha value is -2.08. The molecule has 94 valence electrons. The van der Waals surface area contributed by atoms with E-state index < -0.39 is 4.92 Å². The van der Waals surface area contributed by atoms with E-state index in [-0.39, 0.29) is 10.7 Å². The minimum Gasteiger partial charge on any atom is -0.365 e. The summed E-state index contributed by atoms with van der Waals surface area (Å²) in [4.78, 5) is 10.2. The van der Waals surface area contributed by atoms with Crippen LogP contribution in [0.25, 0.3) is 0 Å². The maximum absolute atomic E-state index is 10.7. The van der Waals surface area contributed by atoms with Crippen molar-refractivity contribution in [2.75, 3.05) is 5.32 Å².